The van der Waals surface area contributed by atoms with E-state index in [4.69, 9.17) is 37.4 Å². The first-order valence-corrected chi connectivity index (χ1v) is 19.5. The third-order valence-electron chi connectivity index (χ3n) is 10.3. The van der Waals surface area contributed by atoms with Crippen molar-refractivity contribution >= 4 is 35.0 Å². The molecule has 0 spiro atoms. The number of hydrogen-bond acceptors (Lipinski definition) is 10. The molecular formula is C42H41Cl2N7O5. The van der Waals surface area contributed by atoms with Crippen LogP contribution in [-0.2, 0) is 29.1 Å². The van der Waals surface area contributed by atoms with Crippen LogP contribution in [0.5, 0.6) is 17.5 Å². The fourth-order valence-corrected chi connectivity index (χ4v) is 8.11. The van der Waals surface area contributed by atoms with Crippen molar-refractivity contribution in [1.82, 2.24) is 26.3 Å². The molecule has 0 unspecified atom stereocenters. The third kappa shape index (κ3) is 9.01. The monoisotopic (exact) mass is 793 g/mol. The lowest BCUT2D eigenvalue weighted by molar-refractivity contribution is -0.120. The number of hydrogen-bond donors (Lipinski definition) is 4. The number of carbonyl (C=O) groups is 2. The van der Waals surface area contributed by atoms with E-state index in [2.05, 4.69) is 38.4 Å². The summed E-state index contributed by atoms with van der Waals surface area (Å²) >= 11 is 14.0. The summed E-state index contributed by atoms with van der Waals surface area (Å²) in [6.07, 6.45) is 3.74. The summed E-state index contributed by atoms with van der Waals surface area (Å²) < 4.78 is 18.0. The Balaban J connectivity index is 1.09. The maximum absolute atomic E-state index is 11.6. The molecule has 3 aliphatic rings. The fourth-order valence-electron chi connectivity index (χ4n) is 7.55. The normalized spacial score (nSPS) is 18.5. The Hall–Kier alpha value is -5.37. The van der Waals surface area contributed by atoms with E-state index in [1.54, 1.807) is 6.07 Å². The second-order valence-corrected chi connectivity index (χ2v) is 14.8. The van der Waals surface area contributed by atoms with Crippen LogP contribution in [0.4, 0.5) is 0 Å². The van der Waals surface area contributed by atoms with Crippen molar-refractivity contribution in [2.75, 3.05) is 26.3 Å². The zero-order chi connectivity index (χ0) is 39.0. The third-order valence-corrected chi connectivity index (χ3v) is 10.9. The van der Waals surface area contributed by atoms with Gasteiger partial charge in [0.05, 0.1) is 5.02 Å². The van der Waals surface area contributed by atoms with Gasteiger partial charge in [0.25, 0.3) is 0 Å². The van der Waals surface area contributed by atoms with E-state index in [-0.39, 0.29) is 55.0 Å². The van der Waals surface area contributed by atoms with E-state index < -0.39 is 0 Å². The number of nitrogens with zero attached hydrogens (tertiary/aromatic N) is 3. The quantitative estimate of drug-likeness (QED) is 0.101. The average Bonchev–Trinajstić information content (AvgIpc) is 3.94. The number of benzene rings is 3. The number of carbonyl (C=O) groups excluding carboxylic acids is 2. The minimum atomic E-state index is -0.332. The Morgan fingerprint density at radius 1 is 0.750 bits per heavy atom. The van der Waals surface area contributed by atoms with Crippen LogP contribution in [-0.4, -0.2) is 55.2 Å². The summed E-state index contributed by atoms with van der Waals surface area (Å²) in [4.78, 5) is 27.8. The minimum absolute atomic E-state index is 0.0520. The van der Waals surface area contributed by atoms with Crippen LogP contribution in [0, 0.1) is 22.7 Å². The summed E-state index contributed by atoms with van der Waals surface area (Å²) in [7, 11) is 0. The Morgan fingerprint density at radius 3 is 2.11 bits per heavy atom. The molecule has 2 fully saturated rings. The highest BCUT2D eigenvalue weighted by Gasteiger charge is 2.29. The van der Waals surface area contributed by atoms with Gasteiger partial charge in [-0.15, -0.1) is 0 Å². The number of amides is 2. The first-order chi connectivity index (χ1) is 27.3. The van der Waals surface area contributed by atoms with Gasteiger partial charge in [-0.3, -0.25) is 9.59 Å². The van der Waals surface area contributed by atoms with Gasteiger partial charge in [-0.25, -0.2) is 0 Å². The van der Waals surface area contributed by atoms with Crippen LogP contribution >= 0.6 is 23.2 Å². The molecule has 2 saturated heterocycles. The summed E-state index contributed by atoms with van der Waals surface area (Å²) in [5.41, 5.74) is 7.25. The van der Waals surface area contributed by atoms with Crippen LogP contribution in [0.2, 0.25) is 10.0 Å². The number of nitriles is 2. The SMILES string of the molecule is N#CCOc1cc(-c2cccc(-c3cccc4c3CC[C@@H]4Oc3nc(OCC#N)c(CNC[C@@H]4CCC(=O)N4)cc3Cl)c2Cl)ccc1CNC[C@@H]1CCC(=O)N1. The van der Waals surface area contributed by atoms with E-state index in [1.807, 2.05) is 54.6 Å². The van der Waals surface area contributed by atoms with E-state index in [1.165, 1.54) is 0 Å². The van der Waals surface area contributed by atoms with Gasteiger partial charge in [-0.2, -0.15) is 15.5 Å². The van der Waals surface area contributed by atoms with Crippen LogP contribution < -0.4 is 35.5 Å². The average molecular weight is 795 g/mol. The number of aromatic nitrogens is 1. The molecule has 56 heavy (non-hydrogen) atoms. The van der Waals surface area contributed by atoms with E-state index >= 15 is 0 Å². The topological polar surface area (TPSA) is 170 Å². The first kappa shape index (κ1) is 38.9. The molecule has 4 aromatic rings. The van der Waals surface area contributed by atoms with Crippen molar-refractivity contribution in [2.24, 2.45) is 0 Å². The molecule has 12 nitrogen and oxygen atoms in total. The fraction of sp³-hybridized carbons (Fsp3) is 0.357. The highest BCUT2D eigenvalue weighted by Crippen LogP contribution is 2.45. The molecule has 7 rings (SSSR count). The Morgan fingerprint density at radius 2 is 1.41 bits per heavy atom. The molecule has 2 amide bonds. The molecular weight excluding hydrogens is 753 g/mol. The lowest BCUT2D eigenvalue weighted by atomic mass is 9.93. The standard InChI is InChI=1S/C42H41Cl2N7O5/c43-35-19-27(22-48-24-29-10-14-39(53)50-29)41(55-18-16-46)51-42(35)56-36-12-11-32-31(4-2-5-33(32)36)34-6-1-3-30(40(34)44)25-7-8-26(37(20-25)54-17-15-45)21-47-23-28-9-13-38(52)49-28/h1-8,19-20,28-29,36,47-48H,9-14,17-18,21-24H2,(H,49,52)(H,50,53)/t28-,29-,36-/m0/s1. The van der Waals surface area contributed by atoms with Gasteiger partial charge in [0.1, 0.15) is 29.0 Å². The molecule has 1 aromatic heterocycles. The van der Waals surface area contributed by atoms with Crippen molar-refractivity contribution in [1.29, 1.82) is 10.5 Å². The van der Waals surface area contributed by atoms with Crippen molar-refractivity contribution in [3.63, 3.8) is 0 Å². The van der Waals surface area contributed by atoms with Crippen molar-refractivity contribution in [2.45, 2.75) is 69.8 Å². The molecule has 3 aromatic carbocycles. The molecule has 2 aliphatic heterocycles. The minimum Gasteiger partial charge on any atom is -0.478 e. The maximum atomic E-state index is 11.6. The maximum Gasteiger partial charge on any atom is 0.236 e. The highest BCUT2D eigenvalue weighted by molar-refractivity contribution is 6.36. The first-order valence-electron chi connectivity index (χ1n) is 18.7. The van der Waals surface area contributed by atoms with E-state index in [9.17, 15) is 20.1 Å². The summed E-state index contributed by atoms with van der Waals surface area (Å²) in [5.74, 6) is 1.19. The number of pyridine rings is 1. The van der Waals surface area contributed by atoms with Crippen molar-refractivity contribution in [3.8, 4) is 51.9 Å². The zero-order valence-electron chi connectivity index (χ0n) is 30.6. The van der Waals surface area contributed by atoms with E-state index in [0.29, 0.717) is 66.8 Å². The van der Waals surface area contributed by atoms with E-state index in [0.717, 1.165) is 58.2 Å². The highest BCUT2D eigenvalue weighted by atomic mass is 35.5. The molecule has 4 N–H and O–H groups in total. The molecule has 1 aliphatic carbocycles. The van der Waals surface area contributed by atoms with Gasteiger partial charge in [0, 0.05) is 73.4 Å². The number of fused-ring (bicyclic) bond motifs is 1. The second-order valence-electron chi connectivity index (χ2n) is 14.0. The van der Waals surface area contributed by atoms with Crippen LogP contribution in [0.3, 0.4) is 0 Å². The number of halogens is 2. The van der Waals surface area contributed by atoms with Crippen molar-refractivity contribution < 1.29 is 23.8 Å². The molecule has 0 radical (unpaired) electrons. The van der Waals surface area contributed by atoms with Crippen LogP contribution in [0.25, 0.3) is 22.3 Å². The second kappa shape index (κ2) is 18.1. The van der Waals surface area contributed by atoms with Crippen LogP contribution in [0.1, 0.15) is 60.5 Å². The largest absolute Gasteiger partial charge is 0.478 e. The Kier molecular flexibility index (Phi) is 12.5. The van der Waals surface area contributed by atoms with Gasteiger partial charge in [0.15, 0.2) is 13.2 Å². The number of rotatable bonds is 16. The van der Waals surface area contributed by atoms with Gasteiger partial charge in [-0.1, -0.05) is 71.7 Å². The zero-order valence-corrected chi connectivity index (χ0v) is 32.1. The Labute approximate surface area is 335 Å². The van der Waals surface area contributed by atoms with Gasteiger partial charge in [0.2, 0.25) is 23.6 Å². The van der Waals surface area contributed by atoms with Gasteiger partial charge >= 0.3 is 0 Å². The molecule has 3 atom stereocenters. The number of nitrogens with one attached hydrogen (secondary N) is 4. The molecule has 14 heteroatoms. The predicted octanol–water partition coefficient (Wildman–Crippen LogP) is 6.33. The summed E-state index contributed by atoms with van der Waals surface area (Å²) in [6, 6.07) is 23.9. The molecule has 0 bridgehead atoms. The molecule has 288 valence electrons. The van der Waals surface area contributed by atoms with Crippen LogP contribution in [0.15, 0.2) is 60.7 Å². The molecule has 0 saturated carbocycles. The smallest absolute Gasteiger partial charge is 0.236 e. The van der Waals surface area contributed by atoms with Gasteiger partial charge in [-0.05, 0) is 60.1 Å². The lowest BCUT2D eigenvalue weighted by Gasteiger charge is -2.19. The Bertz CT molecular complexity index is 2200. The predicted molar refractivity (Wildman–Crippen MR) is 211 cm³/mol. The summed E-state index contributed by atoms with van der Waals surface area (Å²) in [6.45, 7) is 1.84. The lowest BCUT2D eigenvalue weighted by Crippen LogP contribution is -2.35. The summed E-state index contributed by atoms with van der Waals surface area (Å²) in [5, 5.41) is 32.0. The van der Waals surface area contributed by atoms with Crippen molar-refractivity contribution in [3.05, 3.63) is 93.0 Å². The van der Waals surface area contributed by atoms with Gasteiger partial charge < -0.3 is 35.5 Å². The number of ether oxygens (including phenoxy) is 3. The molecule has 3 heterocycles.